The number of nitrogens with zero attached hydrogens (tertiary/aromatic N) is 1. The molecule has 0 N–H and O–H groups in total. The van der Waals surface area contributed by atoms with E-state index in [9.17, 15) is 4.79 Å². The molecule has 1 unspecified atom stereocenters. The van der Waals surface area contributed by atoms with Crippen LogP contribution in [0.15, 0.2) is 41.3 Å². The predicted octanol–water partition coefficient (Wildman–Crippen LogP) is 5.96. The van der Waals surface area contributed by atoms with Crippen molar-refractivity contribution < 1.29 is 19.0 Å². The molecule has 0 bridgehead atoms. The van der Waals surface area contributed by atoms with Gasteiger partial charge >= 0.3 is 0 Å². The third-order valence-electron chi connectivity index (χ3n) is 5.15. The molecular weight excluding hydrogens is 489 g/mol. The van der Waals surface area contributed by atoms with E-state index in [2.05, 4.69) is 0 Å². The van der Waals surface area contributed by atoms with E-state index in [0.29, 0.717) is 43.9 Å². The zero-order chi connectivity index (χ0) is 22.7. The van der Waals surface area contributed by atoms with Crippen LogP contribution in [0.1, 0.15) is 24.0 Å². The van der Waals surface area contributed by atoms with Gasteiger partial charge in [0.15, 0.2) is 11.5 Å². The lowest BCUT2D eigenvalue weighted by Gasteiger charge is -2.18. The Morgan fingerprint density at radius 1 is 1.22 bits per heavy atom. The fourth-order valence-corrected chi connectivity index (χ4v) is 5.08. The number of rotatable bonds is 7. The Balaban J connectivity index is 1.46. The van der Waals surface area contributed by atoms with Crippen LogP contribution in [0.3, 0.4) is 0 Å². The van der Waals surface area contributed by atoms with Gasteiger partial charge in [0.05, 0.1) is 34.7 Å². The summed E-state index contributed by atoms with van der Waals surface area (Å²) in [4.78, 5) is 15.1. The average Bonchev–Trinajstić information content (AvgIpc) is 3.39. The highest BCUT2D eigenvalue weighted by atomic mass is 35.5. The summed E-state index contributed by atoms with van der Waals surface area (Å²) in [6.07, 6.45) is 3.86. The van der Waals surface area contributed by atoms with E-state index in [1.54, 1.807) is 24.1 Å². The Bertz CT molecular complexity index is 1070. The molecule has 4 rings (SSSR count). The standard InChI is InChI=1S/C23H21Cl2NO4S2/c1-28-20-10-14(5-7-19(20)30-13-15-4-6-17(24)18(25)9-15)11-21-22(27)26(23(31)32-21)12-16-3-2-8-29-16/h4-7,9-11,16H,2-3,8,12-13H2,1H3. The van der Waals surface area contributed by atoms with E-state index in [0.717, 1.165) is 30.6 Å². The van der Waals surface area contributed by atoms with Gasteiger partial charge in [-0.05, 0) is 54.3 Å². The van der Waals surface area contributed by atoms with Gasteiger partial charge in [0.1, 0.15) is 10.9 Å². The van der Waals surface area contributed by atoms with Crippen molar-refractivity contribution in [1.29, 1.82) is 0 Å². The lowest BCUT2D eigenvalue weighted by molar-refractivity contribution is -0.123. The van der Waals surface area contributed by atoms with Crippen molar-refractivity contribution in [3.8, 4) is 11.5 Å². The van der Waals surface area contributed by atoms with Gasteiger partial charge in [0.2, 0.25) is 0 Å². The molecule has 9 heteroatoms. The monoisotopic (exact) mass is 509 g/mol. The van der Waals surface area contributed by atoms with Crippen molar-refractivity contribution in [3.63, 3.8) is 0 Å². The number of thioether (sulfide) groups is 1. The first-order valence-corrected chi connectivity index (χ1v) is 12.0. The second kappa shape index (κ2) is 10.4. The molecule has 5 nitrogen and oxygen atoms in total. The van der Waals surface area contributed by atoms with Crippen LogP contribution in [0.5, 0.6) is 11.5 Å². The summed E-state index contributed by atoms with van der Waals surface area (Å²) in [6.45, 7) is 1.57. The molecular formula is C23H21Cl2NO4S2. The molecule has 2 fully saturated rings. The molecule has 2 saturated heterocycles. The lowest BCUT2D eigenvalue weighted by Crippen LogP contribution is -2.35. The first kappa shape index (κ1) is 23.4. The van der Waals surface area contributed by atoms with Crippen LogP contribution in [0.25, 0.3) is 6.08 Å². The fourth-order valence-electron chi connectivity index (χ4n) is 3.48. The topological polar surface area (TPSA) is 48.0 Å². The molecule has 2 heterocycles. The summed E-state index contributed by atoms with van der Waals surface area (Å²) in [5.41, 5.74) is 1.71. The van der Waals surface area contributed by atoms with Gasteiger partial charge in [0.25, 0.3) is 5.91 Å². The molecule has 2 aliphatic heterocycles. The number of halogens is 2. The number of hydrogen-bond acceptors (Lipinski definition) is 6. The summed E-state index contributed by atoms with van der Waals surface area (Å²) < 4.78 is 17.6. The van der Waals surface area contributed by atoms with Crippen LogP contribution in [0, 0.1) is 0 Å². The number of thiocarbonyl (C=S) groups is 1. The molecule has 1 atom stereocenters. The minimum Gasteiger partial charge on any atom is -0.493 e. The number of hydrogen-bond donors (Lipinski definition) is 0. The summed E-state index contributed by atoms with van der Waals surface area (Å²) in [7, 11) is 1.58. The van der Waals surface area contributed by atoms with Gasteiger partial charge in [-0.15, -0.1) is 0 Å². The van der Waals surface area contributed by atoms with Gasteiger partial charge in [-0.3, -0.25) is 9.69 Å². The zero-order valence-corrected chi connectivity index (χ0v) is 20.5. The Morgan fingerprint density at radius 3 is 2.78 bits per heavy atom. The average molecular weight is 510 g/mol. The lowest BCUT2D eigenvalue weighted by atomic mass is 10.1. The number of carbonyl (C=O) groups is 1. The van der Waals surface area contributed by atoms with Crippen molar-refractivity contribution in [2.75, 3.05) is 20.3 Å². The predicted molar refractivity (Wildman–Crippen MR) is 133 cm³/mol. The molecule has 2 aromatic carbocycles. The van der Waals surface area contributed by atoms with Crippen LogP contribution in [0.2, 0.25) is 10.0 Å². The SMILES string of the molecule is COc1cc(C=C2SC(=S)N(CC3CCCO3)C2=O)ccc1OCc1ccc(Cl)c(Cl)c1. The van der Waals surface area contributed by atoms with E-state index in [1.807, 2.05) is 30.3 Å². The first-order chi connectivity index (χ1) is 15.4. The normalized spacial score (nSPS) is 19.8. The maximum atomic E-state index is 12.9. The van der Waals surface area contributed by atoms with Crippen LogP contribution < -0.4 is 9.47 Å². The molecule has 2 aromatic rings. The fraction of sp³-hybridized carbons (Fsp3) is 0.304. The van der Waals surface area contributed by atoms with Gasteiger partial charge in [0, 0.05) is 6.61 Å². The molecule has 32 heavy (non-hydrogen) atoms. The van der Waals surface area contributed by atoms with Crippen molar-refractivity contribution in [3.05, 3.63) is 62.5 Å². The molecule has 0 aromatic heterocycles. The van der Waals surface area contributed by atoms with Crippen LogP contribution in [0.4, 0.5) is 0 Å². The highest BCUT2D eigenvalue weighted by molar-refractivity contribution is 8.26. The highest BCUT2D eigenvalue weighted by Gasteiger charge is 2.34. The molecule has 0 radical (unpaired) electrons. The molecule has 0 spiro atoms. The van der Waals surface area contributed by atoms with Crippen LogP contribution in [-0.4, -0.2) is 41.5 Å². The van der Waals surface area contributed by atoms with Crippen molar-refractivity contribution >= 4 is 63.5 Å². The minimum absolute atomic E-state index is 0.0592. The molecule has 0 aliphatic carbocycles. The van der Waals surface area contributed by atoms with Gasteiger partial charge in [-0.2, -0.15) is 0 Å². The van der Waals surface area contributed by atoms with Gasteiger partial charge in [-0.1, -0.05) is 59.3 Å². The van der Waals surface area contributed by atoms with Crippen molar-refractivity contribution in [1.82, 2.24) is 4.90 Å². The summed E-state index contributed by atoms with van der Waals surface area (Å²) in [5, 5.41) is 0.977. The van der Waals surface area contributed by atoms with Gasteiger partial charge in [-0.25, -0.2) is 0 Å². The third kappa shape index (κ3) is 5.41. The summed E-state index contributed by atoms with van der Waals surface area (Å²) >= 11 is 18.8. The van der Waals surface area contributed by atoms with Crippen LogP contribution in [-0.2, 0) is 16.1 Å². The minimum atomic E-state index is -0.0885. The van der Waals surface area contributed by atoms with E-state index >= 15 is 0 Å². The number of benzene rings is 2. The number of amides is 1. The number of carbonyl (C=O) groups excluding carboxylic acids is 1. The van der Waals surface area contributed by atoms with E-state index in [-0.39, 0.29) is 12.0 Å². The molecule has 168 valence electrons. The smallest absolute Gasteiger partial charge is 0.266 e. The van der Waals surface area contributed by atoms with E-state index < -0.39 is 0 Å². The maximum absolute atomic E-state index is 12.9. The number of methoxy groups -OCH3 is 1. The Hall–Kier alpha value is -1.77. The Morgan fingerprint density at radius 2 is 2.06 bits per heavy atom. The quantitative estimate of drug-likeness (QED) is 0.338. The highest BCUT2D eigenvalue weighted by Crippen LogP contribution is 2.35. The Labute approximate surface area is 206 Å². The second-order valence-corrected chi connectivity index (χ2v) is 9.86. The zero-order valence-electron chi connectivity index (χ0n) is 17.3. The number of ether oxygens (including phenoxy) is 3. The second-order valence-electron chi connectivity index (χ2n) is 7.37. The van der Waals surface area contributed by atoms with Crippen molar-refractivity contribution in [2.24, 2.45) is 0 Å². The largest absolute Gasteiger partial charge is 0.493 e. The molecule has 0 saturated carbocycles. The molecule has 1 amide bonds. The van der Waals surface area contributed by atoms with Gasteiger partial charge < -0.3 is 14.2 Å². The van der Waals surface area contributed by atoms with Crippen LogP contribution >= 0.6 is 47.2 Å². The van der Waals surface area contributed by atoms with E-state index in [1.165, 1.54) is 11.8 Å². The van der Waals surface area contributed by atoms with Crippen molar-refractivity contribution in [2.45, 2.75) is 25.6 Å². The summed E-state index contributed by atoms with van der Waals surface area (Å²) in [5.74, 6) is 1.06. The first-order valence-electron chi connectivity index (χ1n) is 10.1. The maximum Gasteiger partial charge on any atom is 0.266 e. The third-order valence-corrected chi connectivity index (χ3v) is 7.26. The summed E-state index contributed by atoms with van der Waals surface area (Å²) in [6, 6.07) is 10.9. The molecule has 2 aliphatic rings. The van der Waals surface area contributed by atoms with E-state index in [4.69, 9.17) is 49.6 Å². The Kier molecular flexibility index (Phi) is 7.63.